The normalized spacial score (nSPS) is 21.9. The Balaban J connectivity index is 2.15. The van der Waals surface area contributed by atoms with Gasteiger partial charge in [0.15, 0.2) is 9.84 Å². The molecule has 1 aromatic rings. The van der Waals surface area contributed by atoms with Crippen molar-refractivity contribution in [3.63, 3.8) is 0 Å². The molecule has 7 heteroatoms. The molecule has 0 amide bonds. The van der Waals surface area contributed by atoms with Gasteiger partial charge in [-0.15, -0.1) is 0 Å². The molecule has 1 aliphatic heterocycles. The van der Waals surface area contributed by atoms with Crippen molar-refractivity contribution in [2.45, 2.75) is 19.5 Å². The third-order valence-corrected chi connectivity index (χ3v) is 5.54. The van der Waals surface area contributed by atoms with E-state index in [4.69, 9.17) is 15.9 Å². The van der Waals surface area contributed by atoms with Gasteiger partial charge in [0.2, 0.25) is 0 Å². The molecule has 0 aromatic heterocycles. The first kappa shape index (κ1) is 15.8. The van der Waals surface area contributed by atoms with Gasteiger partial charge in [0.25, 0.3) is 0 Å². The van der Waals surface area contributed by atoms with Crippen LogP contribution in [0.1, 0.15) is 18.1 Å². The Morgan fingerprint density at radius 2 is 2.24 bits per heavy atom. The van der Waals surface area contributed by atoms with Crippen LogP contribution in [0.4, 0.5) is 0 Å². The van der Waals surface area contributed by atoms with Crippen LogP contribution in [0.3, 0.4) is 0 Å². The molecule has 1 heterocycles. The molecular weight excluding hydrogens is 290 g/mol. The SMILES string of the molecule is COc1cc(CN2CCS(=O)(=O)CC2C)ccc1C(=N)N. The number of methoxy groups -OCH3 is 1. The predicted octanol–water partition coefficient (Wildman–Crippen LogP) is 0.598. The van der Waals surface area contributed by atoms with Crippen molar-refractivity contribution in [2.75, 3.05) is 25.2 Å². The van der Waals surface area contributed by atoms with Gasteiger partial charge in [0.1, 0.15) is 11.6 Å². The fraction of sp³-hybridized carbons (Fsp3) is 0.500. The summed E-state index contributed by atoms with van der Waals surface area (Å²) in [7, 11) is -1.36. The second kappa shape index (κ2) is 6.03. The highest BCUT2D eigenvalue weighted by Gasteiger charge is 2.28. The smallest absolute Gasteiger partial charge is 0.153 e. The molecule has 0 bridgehead atoms. The van der Waals surface area contributed by atoms with Crippen molar-refractivity contribution < 1.29 is 13.2 Å². The van der Waals surface area contributed by atoms with E-state index in [1.807, 2.05) is 19.1 Å². The molecule has 1 aliphatic rings. The summed E-state index contributed by atoms with van der Waals surface area (Å²) in [6.07, 6.45) is 0. The first-order valence-electron chi connectivity index (χ1n) is 6.78. The highest BCUT2D eigenvalue weighted by molar-refractivity contribution is 7.91. The zero-order valence-corrected chi connectivity index (χ0v) is 13.1. The van der Waals surface area contributed by atoms with Crippen LogP contribution >= 0.6 is 0 Å². The van der Waals surface area contributed by atoms with Crippen LogP contribution in [0.5, 0.6) is 5.75 Å². The van der Waals surface area contributed by atoms with Gasteiger partial charge in [-0.1, -0.05) is 6.07 Å². The Morgan fingerprint density at radius 1 is 1.52 bits per heavy atom. The Bertz CT molecular complexity index is 643. The lowest BCUT2D eigenvalue weighted by Gasteiger charge is -2.33. The molecule has 116 valence electrons. The average Bonchev–Trinajstić information content (AvgIpc) is 2.41. The molecule has 0 aliphatic carbocycles. The van der Waals surface area contributed by atoms with Gasteiger partial charge in [-0.3, -0.25) is 10.3 Å². The summed E-state index contributed by atoms with van der Waals surface area (Å²) in [6, 6.07) is 5.52. The quantitative estimate of drug-likeness (QED) is 0.627. The van der Waals surface area contributed by atoms with Gasteiger partial charge in [0, 0.05) is 19.1 Å². The minimum atomic E-state index is -2.90. The number of nitrogens with zero attached hydrogens (tertiary/aromatic N) is 1. The monoisotopic (exact) mass is 311 g/mol. The van der Waals surface area contributed by atoms with E-state index in [9.17, 15) is 8.42 Å². The highest BCUT2D eigenvalue weighted by Crippen LogP contribution is 2.22. The molecule has 1 fully saturated rings. The molecule has 1 saturated heterocycles. The Labute approximate surface area is 125 Å². The predicted molar refractivity (Wildman–Crippen MR) is 82.5 cm³/mol. The molecule has 1 unspecified atom stereocenters. The molecule has 6 nitrogen and oxygen atoms in total. The minimum absolute atomic E-state index is 0.00206. The second-order valence-corrected chi connectivity index (χ2v) is 7.61. The van der Waals surface area contributed by atoms with Crippen LogP contribution in [0.2, 0.25) is 0 Å². The molecule has 1 atom stereocenters. The van der Waals surface area contributed by atoms with E-state index in [1.54, 1.807) is 13.2 Å². The van der Waals surface area contributed by atoms with Gasteiger partial charge >= 0.3 is 0 Å². The number of benzene rings is 1. The topological polar surface area (TPSA) is 96.5 Å². The lowest BCUT2D eigenvalue weighted by molar-refractivity contribution is 0.218. The van der Waals surface area contributed by atoms with Gasteiger partial charge in [-0.2, -0.15) is 0 Å². The van der Waals surface area contributed by atoms with Crippen molar-refractivity contribution >= 4 is 15.7 Å². The van der Waals surface area contributed by atoms with Crippen molar-refractivity contribution in [1.29, 1.82) is 5.41 Å². The average molecular weight is 311 g/mol. The molecule has 3 N–H and O–H groups in total. The molecule has 0 radical (unpaired) electrons. The number of rotatable bonds is 4. The lowest BCUT2D eigenvalue weighted by atomic mass is 10.1. The molecule has 1 aromatic carbocycles. The first-order valence-corrected chi connectivity index (χ1v) is 8.60. The van der Waals surface area contributed by atoms with Crippen molar-refractivity contribution in [1.82, 2.24) is 4.90 Å². The number of nitrogens with one attached hydrogen (secondary N) is 1. The fourth-order valence-electron chi connectivity index (χ4n) is 2.56. The van der Waals surface area contributed by atoms with Gasteiger partial charge in [0.05, 0.1) is 24.2 Å². The zero-order valence-electron chi connectivity index (χ0n) is 12.3. The Morgan fingerprint density at radius 3 is 2.81 bits per heavy atom. The standard InChI is InChI=1S/C14H21N3O3S/c1-10-9-21(18,19)6-5-17(10)8-11-3-4-12(14(15)16)13(7-11)20-2/h3-4,7,10H,5-6,8-9H2,1-2H3,(H3,15,16). The first-order chi connectivity index (χ1) is 9.82. The molecule has 2 rings (SSSR count). The molecule has 0 spiro atoms. The Kier molecular flexibility index (Phi) is 4.53. The third-order valence-electron chi connectivity index (χ3n) is 3.75. The highest BCUT2D eigenvalue weighted by atomic mass is 32.2. The van der Waals surface area contributed by atoms with E-state index in [-0.39, 0.29) is 23.4 Å². The van der Waals surface area contributed by atoms with Crippen LogP contribution < -0.4 is 10.5 Å². The molecular formula is C14H21N3O3S. The number of hydrogen-bond donors (Lipinski definition) is 2. The number of ether oxygens (including phenoxy) is 1. The van der Waals surface area contributed by atoms with Crippen LogP contribution in [-0.2, 0) is 16.4 Å². The van der Waals surface area contributed by atoms with Gasteiger partial charge < -0.3 is 10.5 Å². The number of amidine groups is 1. The number of nitrogen functional groups attached to an aromatic ring is 1. The second-order valence-electron chi connectivity index (χ2n) is 5.38. The van der Waals surface area contributed by atoms with Gasteiger partial charge in [-0.25, -0.2) is 8.42 Å². The minimum Gasteiger partial charge on any atom is -0.496 e. The van der Waals surface area contributed by atoms with Crippen LogP contribution in [0.15, 0.2) is 18.2 Å². The summed E-state index contributed by atoms with van der Waals surface area (Å²) in [5.41, 5.74) is 7.08. The van der Waals surface area contributed by atoms with Crippen LogP contribution in [0, 0.1) is 5.41 Å². The zero-order chi connectivity index (χ0) is 15.6. The van der Waals surface area contributed by atoms with Gasteiger partial charge in [-0.05, 0) is 24.6 Å². The van der Waals surface area contributed by atoms with E-state index < -0.39 is 9.84 Å². The summed E-state index contributed by atoms with van der Waals surface area (Å²) in [5.74, 6) is 0.948. The summed E-state index contributed by atoms with van der Waals surface area (Å²) >= 11 is 0. The largest absolute Gasteiger partial charge is 0.496 e. The maximum absolute atomic E-state index is 11.6. The van der Waals surface area contributed by atoms with Crippen LogP contribution in [0.25, 0.3) is 0 Å². The van der Waals surface area contributed by atoms with Crippen molar-refractivity contribution in [2.24, 2.45) is 5.73 Å². The molecule has 0 saturated carbocycles. The summed E-state index contributed by atoms with van der Waals surface area (Å²) < 4.78 is 28.5. The summed E-state index contributed by atoms with van der Waals surface area (Å²) in [5, 5.41) is 7.50. The van der Waals surface area contributed by atoms with E-state index in [1.165, 1.54) is 0 Å². The fourth-order valence-corrected chi connectivity index (χ4v) is 4.18. The maximum atomic E-state index is 11.6. The van der Waals surface area contributed by atoms with E-state index >= 15 is 0 Å². The third kappa shape index (κ3) is 3.74. The number of nitrogens with two attached hydrogens (primary N) is 1. The van der Waals surface area contributed by atoms with E-state index in [0.29, 0.717) is 24.4 Å². The maximum Gasteiger partial charge on any atom is 0.153 e. The summed E-state index contributed by atoms with van der Waals surface area (Å²) in [4.78, 5) is 2.14. The Hall–Kier alpha value is -1.60. The number of hydrogen-bond acceptors (Lipinski definition) is 5. The number of sulfone groups is 1. The van der Waals surface area contributed by atoms with Crippen LogP contribution in [-0.4, -0.2) is 50.4 Å². The molecule has 21 heavy (non-hydrogen) atoms. The van der Waals surface area contributed by atoms with Crippen molar-refractivity contribution in [3.05, 3.63) is 29.3 Å². The van der Waals surface area contributed by atoms with Crippen molar-refractivity contribution in [3.8, 4) is 5.75 Å². The summed E-state index contributed by atoms with van der Waals surface area (Å²) in [6.45, 7) is 3.13. The lowest BCUT2D eigenvalue weighted by Crippen LogP contribution is -2.46. The van der Waals surface area contributed by atoms with E-state index in [2.05, 4.69) is 4.90 Å². The van der Waals surface area contributed by atoms with E-state index in [0.717, 1.165) is 5.56 Å².